The topological polar surface area (TPSA) is 12.0 Å². The quantitative estimate of drug-likeness (QED) is 0.730. The van der Waals surface area contributed by atoms with Crippen molar-refractivity contribution in [2.75, 3.05) is 0 Å². The third kappa shape index (κ3) is 3.02. The van der Waals surface area contributed by atoms with Crippen molar-refractivity contribution in [3.63, 3.8) is 0 Å². The van der Waals surface area contributed by atoms with Crippen LogP contribution in [0.3, 0.4) is 0 Å². The van der Waals surface area contributed by atoms with Crippen molar-refractivity contribution >= 4 is 11.8 Å². The summed E-state index contributed by atoms with van der Waals surface area (Å²) in [5.41, 5.74) is 2.63. The van der Waals surface area contributed by atoms with Crippen LogP contribution in [0.2, 0.25) is 0 Å². The van der Waals surface area contributed by atoms with Gasteiger partial charge in [-0.25, -0.2) is 4.84 Å². The van der Waals surface area contributed by atoms with Crippen LogP contribution in [0.5, 0.6) is 0 Å². The number of hydrogen-bond acceptors (Lipinski definition) is 1. The van der Waals surface area contributed by atoms with Gasteiger partial charge in [0.2, 0.25) is 0 Å². The van der Waals surface area contributed by atoms with E-state index in [-0.39, 0.29) is 0 Å². The molecule has 0 aliphatic rings. The molecule has 1 atom stereocenters. The van der Waals surface area contributed by atoms with E-state index in [1.54, 1.807) is 0 Å². The summed E-state index contributed by atoms with van der Waals surface area (Å²) in [6.07, 6.45) is 1.19. The molecule has 1 rings (SSSR count). The largest absolute Gasteiger partial charge is 0.229 e. The molecular formula is C11H16ClN. The Labute approximate surface area is 85.2 Å². The summed E-state index contributed by atoms with van der Waals surface area (Å²) in [6, 6.07) is 8.60. The molecule has 0 saturated carbocycles. The van der Waals surface area contributed by atoms with E-state index < -0.39 is 0 Å². The molecule has 0 radical (unpaired) electrons. The zero-order valence-electron chi connectivity index (χ0n) is 8.18. The summed E-state index contributed by atoms with van der Waals surface area (Å²) in [4.78, 5) is 2.62. The molecule has 0 aromatic heterocycles. The van der Waals surface area contributed by atoms with Gasteiger partial charge in [-0.15, -0.1) is 0 Å². The van der Waals surface area contributed by atoms with Gasteiger partial charge in [-0.2, -0.15) is 0 Å². The summed E-state index contributed by atoms with van der Waals surface area (Å²) in [5, 5.41) is 0. The van der Waals surface area contributed by atoms with Crippen molar-refractivity contribution in [2.45, 2.75) is 32.7 Å². The lowest BCUT2D eigenvalue weighted by molar-refractivity contribution is 0.733. The molecule has 1 nitrogen and oxygen atoms in total. The van der Waals surface area contributed by atoms with E-state index in [1.807, 2.05) is 0 Å². The van der Waals surface area contributed by atoms with Crippen LogP contribution in [-0.2, 0) is 6.54 Å². The third-order valence-corrected chi connectivity index (χ3v) is 2.57. The van der Waals surface area contributed by atoms with Crippen LogP contribution in [0.1, 0.15) is 37.3 Å². The van der Waals surface area contributed by atoms with E-state index in [9.17, 15) is 0 Å². The predicted molar refractivity (Wildman–Crippen MR) is 57.8 cm³/mol. The Morgan fingerprint density at radius 3 is 2.38 bits per heavy atom. The minimum Gasteiger partial charge on any atom is -0.229 e. The molecule has 0 aliphatic heterocycles. The van der Waals surface area contributed by atoms with Crippen LogP contribution >= 0.6 is 11.8 Å². The second kappa shape index (κ2) is 5.25. The van der Waals surface area contributed by atoms with E-state index in [0.717, 1.165) is 6.54 Å². The van der Waals surface area contributed by atoms with E-state index in [1.165, 1.54) is 17.5 Å². The van der Waals surface area contributed by atoms with E-state index in [2.05, 4.69) is 42.9 Å². The maximum absolute atomic E-state index is 5.42. The lowest BCUT2D eigenvalue weighted by Crippen LogP contribution is -1.98. The molecule has 0 bridgehead atoms. The van der Waals surface area contributed by atoms with E-state index in [4.69, 9.17) is 11.8 Å². The van der Waals surface area contributed by atoms with Crippen molar-refractivity contribution in [1.29, 1.82) is 0 Å². The van der Waals surface area contributed by atoms with Gasteiger partial charge in [0.05, 0.1) is 0 Å². The summed E-state index contributed by atoms with van der Waals surface area (Å²) in [6.45, 7) is 5.18. The van der Waals surface area contributed by atoms with Gasteiger partial charge in [-0.1, -0.05) is 38.1 Å². The molecule has 0 saturated heterocycles. The normalized spacial score (nSPS) is 12.8. The highest BCUT2D eigenvalue weighted by Gasteiger charge is 2.01. The molecule has 1 unspecified atom stereocenters. The molecule has 0 heterocycles. The van der Waals surface area contributed by atoms with Crippen LogP contribution in [0.25, 0.3) is 0 Å². The van der Waals surface area contributed by atoms with Crippen molar-refractivity contribution in [3.8, 4) is 0 Å². The first-order chi connectivity index (χ1) is 6.27. The first-order valence-corrected chi connectivity index (χ1v) is 5.08. The Morgan fingerprint density at radius 1 is 1.31 bits per heavy atom. The summed E-state index contributed by atoms with van der Waals surface area (Å²) >= 11 is 5.42. The Morgan fingerprint density at radius 2 is 1.92 bits per heavy atom. The zero-order chi connectivity index (χ0) is 9.68. The third-order valence-electron chi connectivity index (χ3n) is 2.43. The number of benzene rings is 1. The standard InChI is InChI=1S/C11H16ClN/c1-3-9(2)11-6-4-10(5-7-11)8-13-12/h4-7,9,13H,3,8H2,1-2H3. The smallest absolute Gasteiger partial charge is 0.0359 e. The monoisotopic (exact) mass is 197 g/mol. The van der Waals surface area contributed by atoms with Gasteiger partial charge in [-0.05, 0) is 35.2 Å². The molecule has 1 aromatic rings. The molecule has 0 amide bonds. The van der Waals surface area contributed by atoms with Crippen LogP contribution in [0.15, 0.2) is 24.3 Å². The first-order valence-electron chi connectivity index (χ1n) is 4.70. The average molecular weight is 198 g/mol. The first kappa shape index (κ1) is 10.6. The minimum atomic E-state index is 0.651. The molecule has 72 valence electrons. The summed E-state index contributed by atoms with van der Waals surface area (Å²) < 4.78 is 0. The van der Waals surface area contributed by atoms with Gasteiger partial charge in [0.25, 0.3) is 0 Å². The second-order valence-corrected chi connectivity index (χ2v) is 3.63. The predicted octanol–water partition coefficient (Wildman–Crippen LogP) is 3.44. The highest BCUT2D eigenvalue weighted by atomic mass is 35.5. The maximum atomic E-state index is 5.42. The van der Waals surface area contributed by atoms with Gasteiger partial charge >= 0.3 is 0 Å². The van der Waals surface area contributed by atoms with Crippen molar-refractivity contribution < 1.29 is 0 Å². The Balaban J connectivity index is 2.69. The van der Waals surface area contributed by atoms with Crippen molar-refractivity contribution in [3.05, 3.63) is 35.4 Å². The molecule has 0 aliphatic carbocycles. The van der Waals surface area contributed by atoms with Gasteiger partial charge < -0.3 is 0 Å². The Hall–Kier alpha value is -0.530. The number of nitrogens with one attached hydrogen (secondary N) is 1. The molecule has 0 spiro atoms. The van der Waals surface area contributed by atoms with Crippen LogP contribution in [0.4, 0.5) is 0 Å². The van der Waals surface area contributed by atoms with E-state index >= 15 is 0 Å². The molecule has 1 aromatic carbocycles. The van der Waals surface area contributed by atoms with Gasteiger partial charge in [0.1, 0.15) is 0 Å². The summed E-state index contributed by atoms with van der Waals surface area (Å²) in [7, 11) is 0. The van der Waals surface area contributed by atoms with Gasteiger partial charge in [-0.3, -0.25) is 0 Å². The lowest BCUT2D eigenvalue weighted by Gasteiger charge is -2.09. The fourth-order valence-electron chi connectivity index (χ4n) is 1.28. The fourth-order valence-corrected chi connectivity index (χ4v) is 1.43. The Bertz CT molecular complexity index is 243. The second-order valence-electron chi connectivity index (χ2n) is 3.36. The minimum absolute atomic E-state index is 0.651. The number of halogens is 1. The highest BCUT2D eigenvalue weighted by molar-refractivity contribution is 6.13. The highest BCUT2D eigenvalue weighted by Crippen LogP contribution is 2.18. The van der Waals surface area contributed by atoms with E-state index in [0.29, 0.717) is 5.92 Å². The van der Waals surface area contributed by atoms with Crippen molar-refractivity contribution in [1.82, 2.24) is 4.84 Å². The molecular weight excluding hydrogens is 182 g/mol. The van der Waals surface area contributed by atoms with Gasteiger partial charge in [0.15, 0.2) is 0 Å². The number of rotatable bonds is 4. The van der Waals surface area contributed by atoms with Crippen LogP contribution in [0, 0.1) is 0 Å². The molecule has 1 N–H and O–H groups in total. The lowest BCUT2D eigenvalue weighted by atomic mass is 9.98. The Kier molecular flexibility index (Phi) is 4.26. The molecule has 13 heavy (non-hydrogen) atoms. The van der Waals surface area contributed by atoms with Crippen molar-refractivity contribution in [2.24, 2.45) is 0 Å². The number of hydrogen-bond donors (Lipinski definition) is 1. The maximum Gasteiger partial charge on any atom is 0.0359 e. The van der Waals surface area contributed by atoms with Crippen LogP contribution in [-0.4, -0.2) is 0 Å². The molecule has 2 heteroatoms. The average Bonchev–Trinajstić information content (AvgIpc) is 2.18. The van der Waals surface area contributed by atoms with Gasteiger partial charge in [0, 0.05) is 6.54 Å². The van der Waals surface area contributed by atoms with Crippen LogP contribution < -0.4 is 4.84 Å². The SMILES string of the molecule is CCC(C)c1ccc(CNCl)cc1. The fraction of sp³-hybridized carbons (Fsp3) is 0.455. The molecule has 0 fully saturated rings. The zero-order valence-corrected chi connectivity index (χ0v) is 8.93. The summed E-state index contributed by atoms with van der Waals surface area (Å²) in [5.74, 6) is 0.651.